The molecule has 110 valence electrons. The lowest BCUT2D eigenvalue weighted by molar-refractivity contribution is 0.178. The van der Waals surface area contributed by atoms with E-state index in [0.717, 1.165) is 22.1 Å². The van der Waals surface area contributed by atoms with Gasteiger partial charge in [-0.3, -0.25) is 0 Å². The smallest absolute Gasteiger partial charge is 0.417 e. The van der Waals surface area contributed by atoms with Crippen molar-refractivity contribution in [3.05, 3.63) is 65.7 Å². The highest BCUT2D eigenvalue weighted by molar-refractivity contribution is 5.93. The number of ether oxygens (including phenoxy) is 1. The fourth-order valence-electron chi connectivity index (χ4n) is 2.90. The Morgan fingerprint density at radius 2 is 1.91 bits per heavy atom. The summed E-state index contributed by atoms with van der Waals surface area (Å²) in [6, 6.07) is 17.5. The highest BCUT2D eigenvalue weighted by atomic mass is 16.6. The van der Waals surface area contributed by atoms with Crippen molar-refractivity contribution in [3.63, 3.8) is 0 Å². The number of hydrogen-bond donors (Lipinski definition) is 0. The summed E-state index contributed by atoms with van der Waals surface area (Å²) in [6.45, 7) is 2.36. The molecule has 2 aromatic carbocycles. The highest BCUT2D eigenvalue weighted by Crippen LogP contribution is 2.36. The first-order chi connectivity index (χ1) is 10.7. The molecular formula is C18H15NO3. The van der Waals surface area contributed by atoms with E-state index >= 15 is 0 Å². The predicted octanol–water partition coefficient (Wildman–Crippen LogP) is 4.44. The molecular weight excluding hydrogens is 278 g/mol. The average Bonchev–Trinajstić information content (AvgIpc) is 3.12. The van der Waals surface area contributed by atoms with Gasteiger partial charge in [0.15, 0.2) is 0 Å². The Morgan fingerprint density at radius 1 is 1.09 bits per heavy atom. The molecule has 0 aliphatic carbocycles. The number of cyclic esters (lactones) is 1. The van der Waals surface area contributed by atoms with Gasteiger partial charge >= 0.3 is 6.09 Å². The zero-order valence-corrected chi connectivity index (χ0v) is 12.2. The van der Waals surface area contributed by atoms with Crippen LogP contribution in [0.15, 0.2) is 59.0 Å². The second kappa shape index (κ2) is 4.91. The minimum Gasteiger partial charge on any atom is -0.446 e. The van der Waals surface area contributed by atoms with Crippen molar-refractivity contribution in [1.29, 1.82) is 0 Å². The topological polar surface area (TPSA) is 42.7 Å². The highest BCUT2D eigenvalue weighted by Gasteiger charge is 2.37. The minimum atomic E-state index is -0.370. The molecule has 1 aliphatic heterocycles. The summed E-state index contributed by atoms with van der Waals surface area (Å²) in [5, 5.41) is 1.02. The maximum Gasteiger partial charge on any atom is 0.417 e. The van der Waals surface area contributed by atoms with Crippen LogP contribution in [0.1, 0.15) is 17.2 Å². The Balaban J connectivity index is 1.80. The molecule has 0 saturated carbocycles. The molecule has 1 saturated heterocycles. The van der Waals surface area contributed by atoms with E-state index in [1.54, 1.807) is 4.90 Å². The molecule has 22 heavy (non-hydrogen) atoms. The monoisotopic (exact) mass is 293 g/mol. The third-order valence-corrected chi connectivity index (χ3v) is 4.06. The molecule has 4 rings (SSSR count). The molecule has 1 aliphatic rings. The molecule has 0 spiro atoms. The van der Waals surface area contributed by atoms with Crippen LogP contribution in [0.2, 0.25) is 0 Å². The summed E-state index contributed by atoms with van der Waals surface area (Å²) < 4.78 is 11.1. The molecule has 1 amide bonds. The number of hydrogen-bond acceptors (Lipinski definition) is 3. The standard InChI is InChI=1S/C18H15NO3/c1-12-6-5-9-16-14(12)10-17(22-16)19-15(11-21-18(19)20)13-7-3-2-4-8-13/h2-10,15H,11H2,1H3/t15-/m0/s1. The number of fused-ring (bicyclic) bond motifs is 1. The molecule has 0 radical (unpaired) electrons. The molecule has 0 unspecified atom stereocenters. The van der Waals surface area contributed by atoms with Gasteiger partial charge < -0.3 is 9.15 Å². The van der Waals surface area contributed by atoms with Crippen molar-refractivity contribution >= 4 is 22.9 Å². The number of carbonyl (C=O) groups excluding carboxylic acids is 1. The summed E-state index contributed by atoms with van der Waals surface area (Å²) in [5.41, 5.74) is 2.93. The van der Waals surface area contributed by atoms with Gasteiger partial charge in [-0.1, -0.05) is 42.5 Å². The first kappa shape index (κ1) is 13.0. The van der Waals surface area contributed by atoms with Crippen molar-refractivity contribution in [2.45, 2.75) is 13.0 Å². The van der Waals surface area contributed by atoms with Crippen LogP contribution in [0.5, 0.6) is 0 Å². The van der Waals surface area contributed by atoms with E-state index in [4.69, 9.17) is 9.15 Å². The lowest BCUT2D eigenvalue weighted by atomic mass is 10.1. The van der Waals surface area contributed by atoms with Crippen LogP contribution in [0, 0.1) is 6.92 Å². The summed E-state index contributed by atoms with van der Waals surface area (Å²) >= 11 is 0. The number of benzene rings is 2. The van der Waals surface area contributed by atoms with Gasteiger partial charge in [0, 0.05) is 11.5 Å². The van der Waals surface area contributed by atoms with Crippen LogP contribution in [-0.4, -0.2) is 12.7 Å². The lowest BCUT2D eigenvalue weighted by Crippen LogP contribution is -2.26. The van der Waals surface area contributed by atoms with Crippen LogP contribution in [0.3, 0.4) is 0 Å². The van der Waals surface area contributed by atoms with Gasteiger partial charge in [-0.2, -0.15) is 0 Å². The zero-order chi connectivity index (χ0) is 15.1. The van der Waals surface area contributed by atoms with Crippen molar-refractivity contribution in [3.8, 4) is 0 Å². The number of amides is 1. The molecule has 1 atom stereocenters. The SMILES string of the molecule is Cc1cccc2oc(N3C(=O)OC[C@H]3c3ccccc3)cc12. The largest absolute Gasteiger partial charge is 0.446 e. The van der Waals surface area contributed by atoms with E-state index in [-0.39, 0.29) is 12.1 Å². The van der Waals surface area contributed by atoms with Crippen molar-refractivity contribution in [1.82, 2.24) is 0 Å². The average molecular weight is 293 g/mol. The molecule has 0 bridgehead atoms. The van der Waals surface area contributed by atoms with E-state index in [2.05, 4.69) is 0 Å². The van der Waals surface area contributed by atoms with Gasteiger partial charge in [-0.05, 0) is 24.1 Å². The van der Waals surface area contributed by atoms with Gasteiger partial charge in [-0.25, -0.2) is 9.69 Å². The summed E-state index contributed by atoms with van der Waals surface area (Å²) in [6.07, 6.45) is -0.370. The van der Waals surface area contributed by atoms with E-state index in [0.29, 0.717) is 12.5 Å². The quantitative estimate of drug-likeness (QED) is 0.701. The first-order valence-corrected chi connectivity index (χ1v) is 7.24. The van der Waals surface area contributed by atoms with Gasteiger partial charge in [0.05, 0.1) is 0 Å². The molecule has 2 heterocycles. The zero-order valence-electron chi connectivity index (χ0n) is 12.2. The Kier molecular flexibility index (Phi) is 2.89. The number of aryl methyl sites for hydroxylation is 1. The number of carbonyl (C=O) groups is 1. The number of nitrogens with zero attached hydrogens (tertiary/aromatic N) is 1. The Morgan fingerprint density at radius 3 is 2.68 bits per heavy atom. The first-order valence-electron chi connectivity index (χ1n) is 7.24. The molecule has 0 N–H and O–H groups in total. The van der Waals surface area contributed by atoms with E-state index < -0.39 is 0 Å². The third kappa shape index (κ3) is 1.96. The molecule has 4 heteroatoms. The van der Waals surface area contributed by atoms with Gasteiger partial charge in [0.25, 0.3) is 0 Å². The van der Waals surface area contributed by atoms with Gasteiger partial charge in [0.1, 0.15) is 18.2 Å². The van der Waals surface area contributed by atoms with Crippen LogP contribution in [0.4, 0.5) is 10.7 Å². The predicted molar refractivity (Wildman–Crippen MR) is 84.0 cm³/mol. The van der Waals surface area contributed by atoms with E-state index in [1.165, 1.54) is 0 Å². The van der Waals surface area contributed by atoms with Gasteiger partial charge in [0.2, 0.25) is 5.88 Å². The summed E-state index contributed by atoms with van der Waals surface area (Å²) in [5.74, 6) is 0.528. The third-order valence-electron chi connectivity index (χ3n) is 4.06. The molecule has 3 aromatic rings. The number of rotatable bonds is 2. The molecule has 1 fully saturated rings. The fraction of sp³-hybridized carbons (Fsp3) is 0.167. The van der Waals surface area contributed by atoms with E-state index in [1.807, 2.05) is 61.5 Å². The minimum absolute atomic E-state index is 0.158. The molecule has 1 aromatic heterocycles. The van der Waals surface area contributed by atoms with Crippen molar-refractivity contribution in [2.24, 2.45) is 0 Å². The summed E-state index contributed by atoms with van der Waals surface area (Å²) in [4.78, 5) is 13.8. The number of furan rings is 1. The van der Waals surface area contributed by atoms with Crippen LogP contribution in [0.25, 0.3) is 11.0 Å². The lowest BCUT2D eigenvalue weighted by Gasteiger charge is -2.18. The Bertz CT molecular complexity index is 838. The summed E-state index contributed by atoms with van der Waals surface area (Å²) in [7, 11) is 0. The molecule has 4 nitrogen and oxygen atoms in total. The van der Waals surface area contributed by atoms with Crippen LogP contribution >= 0.6 is 0 Å². The van der Waals surface area contributed by atoms with Crippen molar-refractivity contribution in [2.75, 3.05) is 11.5 Å². The maximum atomic E-state index is 12.2. The second-order valence-electron chi connectivity index (χ2n) is 5.44. The maximum absolute atomic E-state index is 12.2. The second-order valence-corrected chi connectivity index (χ2v) is 5.44. The normalized spacial score (nSPS) is 18.0. The van der Waals surface area contributed by atoms with E-state index in [9.17, 15) is 4.79 Å². The van der Waals surface area contributed by atoms with Crippen LogP contribution < -0.4 is 4.90 Å². The Labute approximate surface area is 127 Å². The van der Waals surface area contributed by atoms with Crippen LogP contribution in [-0.2, 0) is 4.74 Å². The number of anilines is 1. The van der Waals surface area contributed by atoms with Crippen molar-refractivity contribution < 1.29 is 13.9 Å². The van der Waals surface area contributed by atoms with Gasteiger partial charge in [-0.15, -0.1) is 0 Å². The Hall–Kier alpha value is -2.75. The fourth-order valence-corrected chi connectivity index (χ4v) is 2.90.